The van der Waals surface area contributed by atoms with Gasteiger partial charge in [0, 0.05) is 18.0 Å². The molecule has 3 rings (SSSR count). The van der Waals surface area contributed by atoms with Crippen molar-refractivity contribution in [1.82, 2.24) is 14.4 Å². The Morgan fingerprint density at radius 1 is 1.27 bits per heavy atom. The molecule has 26 heavy (non-hydrogen) atoms. The zero-order valence-corrected chi connectivity index (χ0v) is 14.7. The molecule has 0 unspecified atom stereocenters. The Balaban J connectivity index is 1.93. The van der Waals surface area contributed by atoms with E-state index >= 15 is 0 Å². The fourth-order valence-electron chi connectivity index (χ4n) is 2.54. The van der Waals surface area contributed by atoms with Gasteiger partial charge in [0.1, 0.15) is 23.8 Å². The van der Waals surface area contributed by atoms with Crippen molar-refractivity contribution >= 4 is 29.7 Å². The molecule has 0 aliphatic carbocycles. The van der Waals surface area contributed by atoms with E-state index in [2.05, 4.69) is 15.3 Å². The molecule has 2 aromatic heterocycles. The number of aromatic nitrogens is 3. The first-order chi connectivity index (χ1) is 12.7. The molecular formula is C19H20N4O3. The molecule has 0 aliphatic rings. The van der Waals surface area contributed by atoms with Crippen LogP contribution in [0.5, 0.6) is 5.75 Å². The smallest absolute Gasteiger partial charge is 0.325 e. The van der Waals surface area contributed by atoms with Gasteiger partial charge in [-0.3, -0.25) is 9.20 Å². The Kier molecular flexibility index (Phi) is 5.48. The topological polar surface area (TPSA) is 77.8 Å². The first kappa shape index (κ1) is 17.5. The van der Waals surface area contributed by atoms with Crippen molar-refractivity contribution in [1.29, 1.82) is 0 Å². The Labute approximate surface area is 151 Å². The number of para-hydroxylation sites is 1. The quantitative estimate of drug-likeness (QED) is 0.659. The number of carbonyl (C=O) groups excluding carboxylic acids is 1. The lowest BCUT2D eigenvalue weighted by Crippen LogP contribution is -2.18. The van der Waals surface area contributed by atoms with E-state index in [1.165, 1.54) is 0 Å². The lowest BCUT2D eigenvalue weighted by atomic mass is 10.2. The molecule has 0 aliphatic heterocycles. The third-order valence-corrected chi connectivity index (χ3v) is 3.70. The molecule has 0 fully saturated rings. The van der Waals surface area contributed by atoms with Crippen molar-refractivity contribution in [3.05, 3.63) is 54.0 Å². The number of ether oxygens (including phenoxy) is 2. The molecule has 0 amide bonds. The van der Waals surface area contributed by atoms with Gasteiger partial charge >= 0.3 is 5.97 Å². The molecule has 3 aromatic rings. The summed E-state index contributed by atoms with van der Waals surface area (Å²) in [7, 11) is 1.63. The number of carbonyl (C=O) groups is 1. The van der Waals surface area contributed by atoms with Crippen LogP contribution in [-0.4, -0.2) is 40.6 Å². The van der Waals surface area contributed by atoms with Crippen LogP contribution in [0.15, 0.2) is 42.7 Å². The van der Waals surface area contributed by atoms with Gasteiger partial charge in [-0.1, -0.05) is 18.2 Å². The van der Waals surface area contributed by atoms with Crippen molar-refractivity contribution in [2.45, 2.75) is 6.92 Å². The van der Waals surface area contributed by atoms with Crippen LogP contribution in [0.3, 0.4) is 0 Å². The SMILES string of the molecule is CCOC(=O)CNc1c(/C=C/c2ccccc2OC)nc2ncccn12. The molecule has 0 saturated carbocycles. The van der Waals surface area contributed by atoms with E-state index in [0.717, 1.165) is 11.3 Å². The molecule has 7 nitrogen and oxygen atoms in total. The number of rotatable bonds is 7. The largest absolute Gasteiger partial charge is 0.496 e. The molecule has 0 spiro atoms. The summed E-state index contributed by atoms with van der Waals surface area (Å²) >= 11 is 0. The highest BCUT2D eigenvalue weighted by atomic mass is 16.5. The normalized spacial score (nSPS) is 11.0. The summed E-state index contributed by atoms with van der Waals surface area (Å²) in [6, 6.07) is 9.50. The standard InChI is InChI=1S/C19H20N4O3/c1-3-26-17(24)13-21-18-15(22-19-20-11-6-12-23(18)19)10-9-14-7-4-5-8-16(14)25-2/h4-12,21H,3,13H2,1-2H3/b10-9+. The highest BCUT2D eigenvalue weighted by Gasteiger charge is 2.12. The van der Waals surface area contributed by atoms with E-state index in [9.17, 15) is 4.79 Å². The molecule has 0 atom stereocenters. The predicted octanol–water partition coefficient (Wildman–Crippen LogP) is 2.88. The van der Waals surface area contributed by atoms with Crippen molar-refractivity contribution in [3.63, 3.8) is 0 Å². The predicted molar refractivity (Wildman–Crippen MR) is 100 cm³/mol. The average molecular weight is 352 g/mol. The Morgan fingerprint density at radius 3 is 2.92 bits per heavy atom. The molecule has 134 valence electrons. The summed E-state index contributed by atoms with van der Waals surface area (Å²) in [6.07, 6.45) is 7.28. The van der Waals surface area contributed by atoms with E-state index in [0.29, 0.717) is 23.9 Å². The fourth-order valence-corrected chi connectivity index (χ4v) is 2.54. The number of benzene rings is 1. The van der Waals surface area contributed by atoms with Gasteiger partial charge in [0.05, 0.1) is 13.7 Å². The van der Waals surface area contributed by atoms with Crippen molar-refractivity contribution < 1.29 is 14.3 Å². The number of imidazole rings is 1. The second kappa shape index (κ2) is 8.15. The van der Waals surface area contributed by atoms with Crippen LogP contribution in [0.1, 0.15) is 18.2 Å². The molecular weight excluding hydrogens is 332 g/mol. The zero-order chi connectivity index (χ0) is 18.4. The molecule has 0 radical (unpaired) electrons. The number of esters is 1. The van der Waals surface area contributed by atoms with Gasteiger partial charge in [0.2, 0.25) is 5.78 Å². The minimum atomic E-state index is -0.328. The van der Waals surface area contributed by atoms with Gasteiger partial charge in [0.25, 0.3) is 0 Å². The first-order valence-corrected chi connectivity index (χ1v) is 8.26. The molecule has 7 heteroatoms. The van der Waals surface area contributed by atoms with Crippen LogP contribution in [-0.2, 0) is 9.53 Å². The number of hydrogen-bond acceptors (Lipinski definition) is 6. The molecule has 2 heterocycles. The van der Waals surface area contributed by atoms with Crippen LogP contribution in [0.25, 0.3) is 17.9 Å². The third kappa shape index (κ3) is 3.83. The lowest BCUT2D eigenvalue weighted by molar-refractivity contribution is -0.140. The number of nitrogens with one attached hydrogen (secondary N) is 1. The number of anilines is 1. The summed E-state index contributed by atoms with van der Waals surface area (Å²) < 4.78 is 12.1. The number of methoxy groups -OCH3 is 1. The van der Waals surface area contributed by atoms with E-state index in [1.807, 2.05) is 42.6 Å². The van der Waals surface area contributed by atoms with E-state index in [4.69, 9.17) is 9.47 Å². The third-order valence-electron chi connectivity index (χ3n) is 3.70. The summed E-state index contributed by atoms with van der Waals surface area (Å²) in [6.45, 7) is 2.17. The van der Waals surface area contributed by atoms with Crippen molar-refractivity contribution in [2.24, 2.45) is 0 Å². The van der Waals surface area contributed by atoms with Crippen LogP contribution in [0.2, 0.25) is 0 Å². The Hall–Kier alpha value is -3.35. The van der Waals surface area contributed by atoms with Gasteiger partial charge in [-0.25, -0.2) is 9.97 Å². The molecule has 1 aromatic carbocycles. The van der Waals surface area contributed by atoms with Gasteiger partial charge in [-0.15, -0.1) is 0 Å². The summed E-state index contributed by atoms with van der Waals surface area (Å²) in [5.74, 6) is 1.66. The number of hydrogen-bond donors (Lipinski definition) is 1. The Morgan fingerprint density at radius 2 is 2.12 bits per heavy atom. The minimum Gasteiger partial charge on any atom is -0.496 e. The maximum atomic E-state index is 11.7. The minimum absolute atomic E-state index is 0.0476. The molecule has 0 saturated heterocycles. The van der Waals surface area contributed by atoms with Crippen molar-refractivity contribution in [2.75, 3.05) is 25.6 Å². The molecule has 0 bridgehead atoms. The van der Waals surface area contributed by atoms with E-state index in [1.54, 1.807) is 30.7 Å². The highest BCUT2D eigenvalue weighted by molar-refractivity contribution is 5.80. The maximum Gasteiger partial charge on any atom is 0.325 e. The van der Waals surface area contributed by atoms with Crippen LogP contribution in [0, 0.1) is 0 Å². The zero-order valence-electron chi connectivity index (χ0n) is 14.7. The maximum absolute atomic E-state index is 11.7. The average Bonchev–Trinajstić information content (AvgIpc) is 3.02. The van der Waals surface area contributed by atoms with Crippen molar-refractivity contribution in [3.8, 4) is 5.75 Å². The Bertz CT molecular complexity index is 933. The summed E-state index contributed by atoms with van der Waals surface area (Å²) in [5.41, 5.74) is 1.59. The highest BCUT2D eigenvalue weighted by Crippen LogP contribution is 2.23. The van der Waals surface area contributed by atoms with E-state index in [-0.39, 0.29) is 12.5 Å². The van der Waals surface area contributed by atoms with Crippen LogP contribution >= 0.6 is 0 Å². The van der Waals surface area contributed by atoms with Gasteiger partial charge in [-0.05, 0) is 31.2 Å². The van der Waals surface area contributed by atoms with Crippen LogP contribution < -0.4 is 10.1 Å². The monoisotopic (exact) mass is 352 g/mol. The van der Waals surface area contributed by atoms with Crippen LogP contribution in [0.4, 0.5) is 5.82 Å². The van der Waals surface area contributed by atoms with Gasteiger partial charge < -0.3 is 14.8 Å². The fraction of sp³-hybridized carbons (Fsp3) is 0.211. The lowest BCUT2D eigenvalue weighted by Gasteiger charge is -2.07. The second-order valence-electron chi connectivity index (χ2n) is 5.37. The molecule has 1 N–H and O–H groups in total. The van der Waals surface area contributed by atoms with Gasteiger partial charge in [0.15, 0.2) is 0 Å². The second-order valence-corrected chi connectivity index (χ2v) is 5.37. The van der Waals surface area contributed by atoms with Gasteiger partial charge in [-0.2, -0.15) is 0 Å². The summed E-state index contributed by atoms with van der Waals surface area (Å²) in [5, 5.41) is 3.09. The first-order valence-electron chi connectivity index (χ1n) is 8.26. The number of fused-ring (bicyclic) bond motifs is 1. The number of nitrogens with zero attached hydrogens (tertiary/aromatic N) is 3. The van der Waals surface area contributed by atoms with E-state index < -0.39 is 0 Å². The summed E-state index contributed by atoms with van der Waals surface area (Å²) in [4.78, 5) is 20.5.